The van der Waals surface area contributed by atoms with Crippen molar-refractivity contribution in [3.8, 4) is 0 Å². The molecule has 1 aromatic heterocycles. The molecule has 1 rings (SSSR count). The molecular weight excluding hydrogens is 256 g/mol. The van der Waals surface area contributed by atoms with Crippen molar-refractivity contribution < 1.29 is 29.7 Å². The van der Waals surface area contributed by atoms with E-state index in [1.807, 2.05) is 24.7 Å². The molecule has 106 valence electrons. The van der Waals surface area contributed by atoms with Gasteiger partial charge < -0.3 is 25.6 Å². The lowest BCUT2D eigenvalue weighted by molar-refractivity contribution is -0.152. The van der Waals surface area contributed by atoms with Gasteiger partial charge in [-0.05, 0) is 13.0 Å². The fourth-order valence-electron chi connectivity index (χ4n) is 1.12. The molecule has 0 saturated heterocycles. The van der Waals surface area contributed by atoms with E-state index in [0.29, 0.717) is 5.56 Å². The third-order valence-corrected chi connectivity index (χ3v) is 2.30. The molecule has 1 amide bonds. The molecule has 0 fully saturated rings. The molecule has 0 aliphatic rings. The largest absolute Gasteiger partial charge is 0.481 e. The van der Waals surface area contributed by atoms with Gasteiger partial charge in [-0.15, -0.1) is 0 Å². The van der Waals surface area contributed by atoms with Gasteiger partial charge >= 0.3 is 11.9 Å². The normalized spacial score (nSPS) is 11.1. The molecule has 0 aliphatic carbocycles. The molecule has 19 heavy (non-hydrogen) atoms. The van der Waals surface area contributed by atoms with Crippen LogP contribution in [0.5, 0.6) is 0 Å². The second-order valence-corrected chi connectivity index (χ2v) is 3.74. The van der Waals surface area contributed by atoms with E-state index in [9.17, 15) is 14.4 Å². The Balaban J connectivity index is 0.000000344. The lowest BCUT2D eigenvalue weighted by atomic mass is 10.2. The van der Waals surface area contributed by atoms with Gasteiger partial charge in [-0.1, -0.05) is 0 Å². The summed E-state index contributed by atoms with van der Waals surface area (Å²) < 4.78 is 1.86. The number of carboxylic acids is 2. The van der Waals surface area contributed by atoms with Crippen molar-refractivity contribution in [2.75, 3.05) is 0 Å². The van der Waals surface area contributed by atoms with Gasteiger partial charge in [0, 0.05) is 18.9 Å². The van der Waals surface area contributed by atoms with E-state index < -0.39 is 24.5 Å². The van der Waals surface area contributed by atoms with E-state index in [4.69, 9.17) is 21.1 Å². The summed E-state index contributed by atoms with van der Waals surface area (Å²) in [7, 11) is 1.88. The average molecular weight is 272 g/mol. The van der Waals surface area contributed by atoms with Crippen LogP contribution in [-0.4, -0.2) is 43.8 Å². The molecule has 0 radical (unpaired) electrons. The van der Waals surface area contributed by atoms with Crippen LogP contribution in [0.2, 0.25) is 0 Å². The first kappa shape index (κ1) is 16.6. The van der Waals surface area contributed by atoms with E-state index >= 15 is 0 Å². The van der Waals surface area contributed by atoms with E-state index in [0.717, 1.165) is 5.69 Å². The monoisotopic (exact) mass is 272 g/mol. The average Bonchev–Trinajstić information content (AvgIpc) is 2.59. The molecule has 5 N–H and O–H groups in total. The van der Waals surface area contributed by atoms with Crippen LogP contribution in [0.1, 0.15) is 22.5 Å². The molecule has 1 atom stereocenters. The Kier molecular flexibility index (Phi) is 6.28. The van der Waals surface area contributed by atoms with Crippen LogP contribution >= 0.6 is 0 Å². The zero-order valence-electron chi connectivity index (χ0n) is 10.5. The first-order chi connectivity index (χ1) is 8.66. The fraction of sp³-hybridized carbons (Fsp3) is 0.364. The Labute approximate surface area is 109 Å². The molecule has 1 heterocycles. The van der Waals surface area contributed by atoms with Gasteiger partial charge in [-0.2, -0.15) is 0 Å². The highest BCUT2D eigenvalue weighted by atomic mass is 16.4. The van der Waals surface area contributed by atoms with Gasteiger partial charge in [0.2, 0.25) is 0 Å². The van der Waals surface area contributed by atoms with Gasteiger partial charge in [0.1, 0.15) is 0 Å². The maximum Gasteiger partial charge on any atom is 0.333 e. The molecule has 8 nitrogen and oxygen atoms in total. The smallest absolute Gasteiger partial charge is 0.333 e. The quantitative estimate of drug-likeness (QED) is 0.573. The molecule has 0 spiro atoms. The molecule has 1 unspecified atom stereocenters. The summed E-state index contributed by atoms with van der Waals surface area (Å²) in [5.41, 5.74) is 6.58. The number of carboxylic acid groups (broad SMARTS) is 2. The maximum atomic E-state index is 10.6. The molecule has 0 saturated carbocycles. The molecule has 0 bridgehead atoms. The summed E-state index contributed by atoms with van der Waals surface area (Å²) in [5, 5.41) is 24.1. The predicted molar refractivity (Wildman–Crippen MR) is 64.6 cm³/mol. The summed E-state index contributed by atoms with van der Waals surface area (Å²) in [6.45, 7) is 1.86. The Hall–Kier alpha value is -2.35. The highest BCUT2D eigenvalue weighted by molar-refractivity contribution is 5.93. The molecule has 1 aromatic rings. The van der Waals surface area contributed by atoms with Crippen LogP contribution in [0, 0.1) is 6.92 Å². The Morgan fingerprint density at radius 3 is 2.05 bits per heavy atom. The van der Waals surface area contributed by atoms with Crippen LogP contribution in [0.25, 0.3) is 0 Å². The summed E-state index contributed by atoms with van der Waals surface area (Å²) in [4.78, 5) is 30.1. The van der Waals surface area contributed by atoms with Gasteiger partial charge in [0.15, 0.2) is 6.10 Å². The summed E-state index contributed by atoms with van der Waals surface area (Å²) >= 11 is 0. The number of aryl methyl sites for hydroxylation is 1. The minimum atomic E-state index is -1.79. The maximum absolute atomic E-state index is 10.6. The number of nitrogens with two attached hydrogens (primary N) is 1. The molecule has 0 aromatic carbocycles. The first-order valence-corrected chi connectivity index (χ1v) is 5.21. The zero-order valence-corrected chi connectivity index (χ0v) is 10.5. The first-order valence-electron chi connectivity index (χ1n) is 5.21. The minimum Gasteiger partial charge on any atom is -0.481 e. The number of hydrogen-bond donors (Lipinski definition) is 4. The number of aliphatic carboxylic acids is 2. The van der Waals surface area contributed by atoms with Crippen molar-refractivity contribution in [3.63, 3.8) is 0 Å². The number of aliphatic hydroxyl groups excluding tert-OH is 1. The van der Waals surface area contributed by atoms with E-state index in [2.05, 4.69) is 0 Å². The highest BCUT2D eigenvalue weighted by Crippen LogP contribution is 2.06. The van der Waals surface area contributed by atoms with E-state index in [1.165, 1.54) is 0 Å². The van der Waals surface area contributed by atoms with Crippen molar-refractivity contribution >= 4 is 17.8 Å². The lowest BCUT2D eigenvalue weighted by Crippen LogP contribution is -2.22. The van der Waals surface area contributed by atoms with Crippen LogP contribution in [0.4, 0.5) is 0 Å². The molecule has 0 aliphatic heterocycles. The molecular formula is C11H16N2O6. The number of primary amides is 1. The van der Waals surface area contributed by atoms with Crippen molar-refractivity contribution in [2.45, 2.75) is 19.4 Å². The SMILES string of the molecule is Cc1c(C(N)=O)ccn1C.O=C(O)CC(O)C(=O)O. The Morgan fingerprint density at radius 1 is 1.37 bits per heavy atom. The zero-order chi connectivity index (χ0) is 15.2. The third-order valence-electron chi connectivity index (χ3n) is 2.30. The van der Waals surface area contributed by atoms with Crippen LogP contribution < -0.4 is 5.73 Å². The number of aromatic nitrogens is 1. The lowest BCUT2D eigenvalue weighted by Gasteiger charge is -1.97. The molecule has 8 heteroatoms. The number of carbonyl (C=O) groups excluding carboxylic acids is 1. The Bertz CT molecular complexity index is 480. The van der Waals surface area contributed by atoms with E-state index in [-0.39, 0.29) is 5.91 Å². The van der Waals surface area contributed by atoms with Crippen molar-refractivity contribution in [3.05, 3.63) is 23.5 Å². The van der Waals surface area contributed by atoms with Crippen LogP contribution in [-0.2, 0) is 16.6 Å². The number of hydrogen-bond acceptors (Lipinski definition) is 4. The second kappa shape index (κ2) is 7.17. The predicted octanol–water partition coefficient (Wildman–Crippen LogP) is -0.661. The fourth-order valence-corrected chi connectivity index (χ4v) is 1.12. The highest BCUT2D eigenvalue weighted by Gasteiger charge is 2.16. The third kappa shape index (κ3) is 5.68. The van der Waals surface area contributed by atoms with Crippen molar-refractivity contribution in [2.24, 2.45) is 12.8 Å². The number of aliphatic hydroxyl groups is 1. The number of rotatable bonds is 4. The summed E-state index contributed by atoms with van der Waals surface area (Å²) in [5.74, 6) is -3.21. The summed E-state index contributed by atoms with van der Waals surface area (Å²) in [6, 6.07) is 1.72. The minimum absolute atomic E-state index is 0.363. The van der Waals surface area contributed by atoms with Gasteiger partial charge in [-0.25, -0.2) is 4.79 Å². The van der Waals surface area contributed by atoms with Crippen LogP contribution in [0.3, 0.4) is 0 Å². The number of carbonyl (C=O) groups is 3. The van der Waals surface area contributed by atoms with Crippen LogP contribution in [0.15, 0.2) is 12.3 Å². The van der Waals surface area contributed by atoms with E-state index in [1.54, 1.807) is 6.07 Å². The standard InChI is InChI=1S/C7H10N2O.C4H6O5/c1-5-6(7(8)10)3-4-9(5)2;5-2(4(8)9)1-3(6)7/h3-4H,1-2H3,(H2,8,10);2,5H,1H2,(H,6,7)(H,8,9). The summed E-state index contributed by atoms with van der Waals surface area (Å²) in [6.07, 6.45) is -0.729. The number of nitrogens with zero attached hydrogens (tertiary/aromatic N) is 1. The van der Waals surface area contributed by atoms with Crippen molar-refractivity contribution in [1.29, 1.82) is 0 Å². The van der Waals surface area contributed by atoms with Gasteiger partial charge in [0.05, 0.1) is 12.0 Å². The Morgan fingerprint density at radius 2 is 1.89 bits per heavy atom. The second-order valence-electron chi connectivity index (χ2n) is 3.74. The van der Waals surface area contributed by atoms with Gasteiger partial charge in [0.25, 0.3) is 5.91 Å². The number of amides is 1. The van der Waals surface area contributed by atoms with Crippen molar-refractivity contribution in [1.82, 2.24) is 4.57 Å². The topological polar surface area (TPSA) is 143 Å². The van der Waals surface area contributed by atoms with Gasteiger partial charge in [-0.3, -0.25) is 9.59 Å².